The first-order valence-corrected chi connectivity index (χ1v) is 5.43. The van der Waals surface area contributed by atoms with Crippen LogP contribution >= 0.6 is 0 Å². The summed E-state index contributed by atoms with van der Waals surface area (Å²) in [5, 5.41) is 13.5. The Morgan fingerprint density at radius 1 is 1.41 bits per heavy atom. The van der Waals surface area contributed by atoms with E-state index in [9.17, 15) is 5.11 Å². The average molecular weight is 233 g/mol. The quantitative estimate of drug-likeness (QED) is 0.844. The molecule has 1 aromatic carbocycles. The van der Waals surface area contributed by atoms with Crippen molar-refractivity contribution in [1.29, 1.82) is 0 Å². The molecule has 0 saturated heterocycles. The minimum absolute atomic E-state index is 0.182. The first kappa shape index (κ1) is 11.3. The molecule has 0 saturated carbocycles. The van der Waals surface area contributed by atoms with E-state index in [1.165, 1.54) is 0 Å². The van der Waals surface area contributed by atoms with Gasteiger partial charge in [0.1, 0.15) is 29.6 Å². The maximum atomic E-state index is 9.28. The van der Waals surface area contributed by atoms with Gasteiger partial charge in [-0.05, 0) is 19.1 Å². The van der Waals surface area contributed by atoms with Crippen LogP contribution in [0.1, 0.15) is 12.6 Å². The van der Waals surface area contributed by atoms with Crippen LogP contribution in [0.4, 0.5) is 5.82 Å². The zero-order valence-corrected chi connectivity index (χ0v) is 9.63. The largest absolute Gasteiger partial charge is 0.508 e. The highest BCUT2D eigenvalue weighted by molar-refractivity contribution is 5.33. The summed E-state index contributed by atoms with van der Waals surface area (Å²) in [6.45, 7) is 3.04. The Morgan fingerprint density at radius 2 is 2.24 bits per heavy atom. The molecule has 0 atom stereocenters. The summed E-state index contributed by atoms with van der Waals surface area (Å²) in [6.07, 6.45) is 0. The number of hydrogen-bond donors (Lipinski definition) is 2. The van der Waals surface area contributed by atoms with Crippen molar-refractivity contribution in [2.75, 3.05) is 5.73 Å². The van der Waals surface area contributed by atoms with Crippen LogP contribution in [0, 0.1) is 0 Å². The van der Waals surface area contributed by atoms with Gasteiger partial charge in [-0.15, -0.1) is 0 Å². The Morgan fingerprint density at radius 3 is 2.88 bits per heavy atom. The minimum Gasteiger partial charge on any atom is -0.508 e. The molecule has 3 N–H and O–H groups in total. The summed E-state index contributed by atoms with van der Waals surface area (Å²) in [6, 6.07) is 8.44. The van der Waals surface area contributed by atoms with Crippen LogP contribution in [-0.4, -0.2) is 14.9 Å². The van der Waals surface area contributed by atoms with E-state index in [4.69, 9.17) is 10.5 Å². The van der Waals surface area contributed by atoms with Gasteiger partial charge in [0.2, 0.25) is 0 Å². The highest BCUT2D eigenvalue weighted by Crippen LogP contribution is 2.19. The summed E-state index contributed by atoms with van der Waals surface area (Å²) >= 11 is 0. The Balaban J connectivity index is 2.02. The monoisotopic (exact) mass is 233 g/mol. The normalized spacial score (nSPS) is 10.4. The van der Waals surface area contributed by atoms with E-state index in [-0.39, 0.29) is 5.75 Å². The highest BCUT2D eigenvalue weighted by atomic mass is 16.5. The second-order valence-electron chi connectivity index (χ2n) is 3.66. The molecule has 5 heteroatoms. The Hall–Kier alpha value is -2.17. The summed E-state index contributed by atoms with van der Waals surface area (Å²) in [5.74, 6) is 1.41. The molecular formula is C12H15N3O2. The maximum Gasteiger partial charge on any atom is 0.132 e. The second kappa shape index (κ2) is 4.78. The number of hydrogen-bond acceptors (Lipinski definition) is 4. The van der Waals surface area contributed by atoms with Gasteiger partial charge in [0.05, 0.1) is 0 Å². The molecule has 0 aliphatic carbocycles. The van der Waals surface area contributed by atoms with Gasteiger partial charge in [-0.2, -0.15) is 5.10 Å². The van der Waals surface area contributed by atoms with E-state index in [1.54, 1.807) is 35.0 Å². The fourth-order valence-corrected chi connectivity index (χ4v) is 1.54. The molecule has 0 radical (unpaired) electrons. The van der Waals surface area contributed by atoms with E-state index in [0.717, 1.165) is 12.2 Å². The number of ether oxygens (including phenoxy) is 1. The molecule has 5 nitrogen and oxygen atoms in total. The van der Waals surface area contributed by atoms with E-state index >= 15 is 0 Å². The Kier molecular flexibility index (Phi) is 3.18. The number of aromatic nitrogens is 2. The highest BCUT2D eigenvalue weighted by Gasteiger charge is 2.04. The van der Waals surface area contributed by atoms with Crippen LogP contribution in [0.3, 0.4) is 0 Å². The zero-order chi connectivity index (χ0) is 12.3. The molecule has 90 valence electrons. The van der Waals surface area contributed by atoms with Gasteiger partial charge < -0.3 is 15.6 Å². The van der Waals surface area contributed by atoms with Gasteiger partial charge in [-0.25, -0.2) is 0 Å². The third-order valence-corrected chi connectivity index (χ3v) is 2.37. The molecule has 0 unspecified atom stereocenters. The molecule has 0 aliphatic heterocycles. The number of aromatic hydroxyl groups is 1. The summed E-state index contributed by atoms with van der Waals surface area (Å²) in [4.78, 5) is 0. The van der Waals surface area contributed by atoms with Crippen LogP contribution in [0.15, 0.2) is 30.3 Å². The van der Waals surface area contributed by atoms with Crippen molar-refractivity contribution in [3.05, 3.63) is 36.0 Å². The van der Waals surface area contributed by atoms with Gasteiger partial charge in [-0.1, -0.05) is 6.07 Å². The number of rotatable bonds is 4. The van der Waals surface area contributed by atoms with E-state index < -0.39 is 0 Å². The lowest BCUT2D eigenvalue weighted by Gasteiger charge is -2.03. The van der Waals surface area contributed by atoms with Gasteiger partial charge in [0.25, 0.3) is 0 Å². The van der Waals surface area contributed by atoms with Crippen LogP contribution in [-0.2, 0) is 13.2 Å². The number of phenolic OH excluding ortho intramolecular Hbond substituents is 1. The third kappa shape index (κ3) is 2.69. The SMILES string of the molecule is CCn1nc(COc2cccc(O)c2)cc1N. The van der Waals surface area contributed by atoms with Crippen LogP contribution in [0.5, 0.6) is 11.5 Å². The molecule has 0 fully saturated rings. The number of nitrogen functional groups attached to an aromatic ring is 1. The first-order chi connectivity index (χ1) is 8.19. The fraction of sp³-hybridized carbons (Fsp3) is 0.250. The summed E-state index contributed by atoms with van der Waals surface area (Å²) < 4.78 is 7.20. The Bertz CT molecular complexity index is 508. The molecule has 2 aromatic rings. The smallest absolute Gasteiger partial charge is 0.132 e. The average Bonchev–Trinajstić information content (AvgIpc) is 2.67. The minimum atomic E-state index is 0.182. The topological polar surface area (TPSA) is 73.3 Å². The third-order valence-electron chi connectivity index (χ3n) is 2.37. The van der Waals surface area contributed by atoms with Crippen molar-refractivity contribution in [1.82, 2.24) is 9.78 Å². The molecule has 2 rings (SSSR count). The molecule has 1 aromatic heterocycles. The van der Waals surface area contributed by atoms with Gasteiger partial charge in [0, 0.05) is 18.7 Å². The number of nitrogens with zero attached hydrogens (tertiary/aromatic N) is 2. The first-order valence-electron chi connectivity index (χ1n) is 5.43. The number of aryl methyl sites for hydroxylation is 1. The fourth-order valence-electron chi connectivity index (χ4n) is 1.54. The van der Waals surface area contributed by atoms with E-state index in [0.29, 0.717) is 18.2 Å². The molecule has 0 aliphatic rings. The van der Waals surface area contributed by atoms with Gasteiger partial charge >= 0.3 is 0 Å². The van der Waals surface area contributed by atoms with Crippen molar-refractivity contribution in [2.45, 2.75) is 20.1 Å². The second-order valence-corrected chi connectivity index (χ2v) is 3.66. The lowest BCUT2D eigenvalue weighted by Crippen LogP contribution is -2.02. The van der Waals surface area contributed by atoms with E-state index in [1.807, 2.05) is 6.92 Å². The number of anilines is 1. The summed E-state index contributed by atoms with van der Waals surface area (Å²) in [7, 11) is 0. The Labute approximate surface area is 99.4 Å². The maximum absolute atomic E-state index is 9.28. The van der Waals surface area contributed by atoms with Crippen molar-refractivity contribution in [3.63, 3.8) is 0 Å². The summed E-state index contributed by atoms with van der Waals surface area (Å²) in [5.41, 5.74) is 6.52. The van der Waals surface area contributed by atoms with Gasteiger partial charge in [-0.3, -0.25) is 4.68 Å². The van der Waals surface area contributed by atoms with Crippen LogP contribution < -0.4 is 10.5 Å². The predicted octanol–water partition coefficient (Wildman–Crippen LogP) is 1.77. The van der Waals surface area contributed by atoms with Gasteiger partial charge in [0.15, 0.2) is 0 Å². The van der Waals surface area contributed by atoms with Crippen molar-refractivity contribution < 1.29 is 9.84 Å². The van der Waals surface area contributed by atoms with Crippen molar-refractivity contribution in [3.8, 4) is 11.5 Å². The van der Waals surface area contributed by atoms with Crippen molar-refractivity contribution in [2.24, 2.45) is 0 Å². The lowest BCUT2D eigenvalue weighted by molar-refractivity contribution is 0.298. The van der Waals surface area contributed by atoms with E-state index in [2.05, 4.69) is 5.10 Å². The number of benzene rings is 1. The molecule has 0 bridgehead atoms. The number of nitrogens with two attached hydrogens (primary N) is 1. The number of phenols is 1. The zero-order valence-electron chi connectivity index (χ0n) is 9.63. The molecule has 1 heterocycles. The molecular weight excluding hydrogens is 218 g/mol. The molecule has 17 heavy (non-hydrogen) atoms. The molecule has 0 spiro atoms. The lowest BCUT2D eigenvalue weighted by atomic mass is 10.3. The van der Waals surface area contributed by atoms with Crippen molar-refractivity contribution >= 4 is 5.82 Å². The standard InChI is InChI=1S/C12H15N3O2/c1-2-15-12(13)6-9(14-15)8-17-11-5-3-4-10(16)7-11/h3-7,16H,2,8,13H2,1H3. The van der Waals surface area contributed by atoms with Crippen LogP contribution in [0.25, 0.3) is 0 Å². The molecule has 0 amide bonds. The predicted molar refractivity (Wildman–Crippen MR) is 64.8 cm³/mol. The van der Waals surface area contributed by atoms with Crippen LogP contribution in [0.2, 0.25) is 0 Å².